The number of benzene rings is 1. The lowest BCUT2D eigenvalue weighted by Gasteiger charge is -2.17. The summed E-state index contributed by atoms with van der Waals surface area (Å²) in [6.07, 6.45) is 1.40. The van der Waals surface area contributed by atoms with Gasteiger partial charge in [0.15, 0.2) is 0 Å². The fraction of sp³-hybridized carbons (Fsp3) is 0.467. The molecule has 0 spiro atoms. The number of carboxylic acids is 1. The van der Waals surface area contributed by atoms with Crippen molar-refractivity contribution in [3.63, 3.8) is 0 Å². The van der Waals surface area contributed by atoms with Crippen molar-refractivity contribution in [3.8, 4) is 0 Å². The Morgan fingerprint density at radius 2 is 2.05 bits per heavy atom. The Labute approximate surface area is 118 Å². The van der Waals surface area contributed by atoms with Gasteiger partial charge in [0.25, 0.3) is 5.91 Å². The van der Waals surface area contributed by atoms with Crippen molar-refractivity contribution in [2.24, 2.45) is 0 Å². The molecule has 0 aromatic heterocycles. The standard InChI is InChI=1S/C15H21NO4/c1-3-6-12(9-14(17)18)16-15(19)13-8-5-4-7-11(13)10-20-2/h4-5,7-8,12H,3,6,9-10H2,1-2H3,(H,16,19)(H,17,18). The highest BCUT2D eigenvalue weighted by atomic mass is 16.5. The van der Waals surface area contributed by atoms with Crippen LogP contribution in [0.2, 0.25) is 0 Å². The molecule has 0 radical (unpaired) electrons. The van der Waals surface area contributed by atoms with Crippen LogP contribution in [0.4, 0.5) is 0 Å². The lowest BCUT2D eigenvalue weighted by atomic mass is 10.0. The van der Waals surface area contributed by atoms with E-state index in [1.807, 2.05) is 19.1 Å². The van der Waals surface area contributed by atoms with Crippen molar-refractivity contribution in [2.45, 2.75) is 38.8 Å². The second kappa shape index (κ2) is 8.32. The number of methoxy groups -OCH3 is 1. The van der Waals surface area contributed by atoms with Gasteiger partial charge in [0.2, 0.25) is 0 Å². The first-order valence-electron chi connectivity index (χ1n) is 6.68. The molecule has 0 aliphatic carbocycles. The number of carbonyl (C=O) groups is 2. The number of hydrogen-bond donors (Lipinski definition) is 2. The molecule has 0 aliphatic heterocycles. The number of nitrogens with one attached hydrogen (secondary N) is 1. The Bertz CT molecular complexity index is 459. The highest BCUT2D eigenvalue weighted by Crippen LogP contribution is 2.11. The topological polar surface area (TPSA) is 75.6 Å². The summed E-state index contributed by atoms with van der Waals surface area (Å²) in [7, 11) is 1.57. The van der Waals surface area contributed by atoms with Gasteiger partial charge in [0.05, 0.1) is 13.0 Å². The number of carbonyl (C=O) groups excluding carboxylic acids is 1. The molecule has 1 aromatic rings. The molecule has 0 saturated carbocycles. The minimum atomic E-state index is -0.908. The summed E-state index contributed by atoms with van der Waals surface area (Å²) < 4.78 is 5.06. The summed E-state index contributed by atoms with van der Waals surface area (Å²) in [6.45, 7) is 2.31. The zero-order valence-electron chi connectivity index (χ0n) is 11.9. The summed E-state index contributed by atoms with van der Waals surface area (Å²) in [5.74, 6) is -1.16. The molecule has 1 aromatic carbocycles. The van der Waals surface area contributed by atoms with Crippen LogP contribution in [-0.2, 0) is 16.1 Å². The number of hydrogen-bond acceptors (Lipinski definition) is 3. The van der Waals surface area contributed by atoms with E-state index < -0.39 is 5.97 Å². The van der Waals surface area contributed by atoms with E-state index in [0.717, 1.165) is 12.0 Å². The Kier molecular flexibility index (Phi) is 6.73. The number of rotatable bonds is 8. The molecular weight excluding hydrogens is 258 g/mol. The van der Waals surface area contributed by atoms with Gasteiger partial charge < -0.3 is 15.2 Å². The van der Waals surface area contributed by atoms with E-state index >= 15 is 0 Å². The average molecular weight is 279 g/mol. The molecule has 2 N–H and O–H groups in total. The van der Waals surface area contributed by atoms with Crippen LogP contribution in [0.25, 0.3) is 0 Å². The third kappa shape index (κ3) is 5.01. The highest BCUT2D eigenvalue weighted by Gasteiger charge is 2.17. The first-order valence-corrected chi connectivity index (χ1v) is 6.68. The van der Waals surface area contributed by atoms with Crippen LogP contribution >= 0.6 is 0 Å². The van der Waals surface area contributed by atoms with Crippen molar-refractivity contribution >= 4 is 11.9 Å². The summed E-state index contributed by atoms with van der Waals surface area (Å²) >= 11 is 0. The largest absolute Gasteiger partial charge is 0.481 e. The first-order chi connectivity index (χ1) is 9.58. The third-order valence-electron chi connectivity index (χ3n) is 2.96. The second-order valence-corrected chi connectivity index (χ2v) is 4.65. The molecule has 1 rings (SSSR count). The maximum atomic E-state index is 12.2. The van der Waals surface area contributed by atoms with Gasteiger partial charge in [-0.25, -0.2) is 0 Å². The van der Waals surface area contributed by atoms with E-state index in [2.05, 4.69) is 5.32 Å². The minimum absolute atomic E-state index is 0.0635. The van der Waals surface area contributed by atoms with Crippen molar-refractivity contribution < 1.29 is 19.4 Å². The monoisotopic (exact) mass is 279 g/mol. The van der Waals surface area contributed by atoms with E-state index in [-0.39, 0.29) is 18.4 Å². The lowest BCUT2D eigenvalue weighted by molar-refractivity contribution is -0.137. The van der Waals surface area contributed by atoms with Gasteiger partial charge in [-0.3, -0.25) is 9.59 Å². The fourth-order valence-corrected chi connectivity index (χ4v) is 2.07. The number of amides is 1. The van der Waals surface area contributed by atoms with Gasteiger partial charge in [0, 0.05) is 18.7 Å². The van der Waals surface area contributed by atoms with Gasteiger partial charge in [-0.05, 0) is 18.1 Å². The van der Waals surface area contributed by atoms with Gasteiger partial charge in [-0.1, -0.05) is 31.5 Å². The zero-order valence-corrected chi connectivity index (χ0v) is 11.9. The Morgan fingerprint density at radius 1 is 1.35 bits per heavy atom. The van der Waals surface area contributed by atoms with Crippen LogP contribution in [0, 0.1) is 0 Å². The maximum absolute atomic E-state index is 12.2. The predicted octanol–water partition coefficient (Wildman–Crippen LogP) is 2.21. The van der Waals surface area contributed by atoms with Gasteiger partial charge >= 0.3 is 5.97 Å². The van der Waals surface area contributed by atoms with Crippen LogP contribution in [0.15, 0.2) is 24.3 Å². The van der Waals surface area contributed by atoms with Crippen LogP contribution in [0.1, 0.15) is 42.1 Å². The highest BCUT2D eigenvalue weighted by molar-refractivity contribution is 5.96. The summed E-state index contributed by atoms with van der Waals surface area (Å²) in [5, 5.41) is 11.7. The summed E-state index contributed by atoms with van der Waals surface area (Å²) in [6, 6.07) is 6.81. The number of ether oxygens (including phenoxy) is 1. The molecule has 0 bridgehead atoms. The maximum Gasteiger partial charge on any atom is 0.305 e. The molecule has 0 fully saturated rings. The predicted molar refractivity (Wildman–Crippen MR) is 75.6 cm³/mol. The smallest absolute Gasteiger partial charge is 0.305 e. The average Bonchev–Trinajstić information content (AvgIpc) is 2.39. The van der Waals surface area contributed by atoms with Crippen molar-refractivity contribution in [2.75, 3.05) is 7.11 Å². The molecule has 0 saturated heterocycles. The summed E-state index contributed by atoms with van der Waals surface area (Å²) in [5.41, 5.74) is 1.32. The fourth-order valence-electron chi connectivity index (χ4n) is 2.07. The van der Waals surface area contributed by atoms with Crippen molar-refractivity contribution in [1.29, 1.82) is 0 Å². The minimum Gasteiger partial charge on any atom is -0.481 e. The van der Waals surface area contributed by atoms with Crippen LogP contribution in [0.3, 0.4) is 0 Å². The molecule has 5 nitrogen and oxygen atoms in total. The molecule has 5 heteroatoms. The van der Waals surface area contributed by atoms with E-state index in [9.17, 15) is 9.59 Å². The molecule has 110 valence electrons. The number of carboxylic acid groups (broad SMARTS) is 1. The lowest BCUT2D eigenvalue weighted by Crippen LogP contribution is -2.36. The Morgan fingerprint density at radius 3 is 2.65 bits per heavy atom. The van der Waals surface area contributed by atoms with Crippen LogP contribution < -0.4 is 5.32 Å². The zero-order chi connectivity index (χ0) is 15.0. The third-order valence-corrected chi connectivity index (χ3v) is 2.96. The Balaban J connectivity index is 2.80. The van der Waals surface area contributed by atoms with Crippen LogP contribution in [0.5, 0.6) is 0 Å². The Hall–Kier alpha value is -1.88. The normalized spacial score (nSPS) is 11.9. The van der Waals surface area contributed by atoms with E-state index in [1.54, 1.807) is 19.2 Å². The van der Waals surface area contributed by atoms with Gasteiger partial charge in [0.1, 0.15) is 0 Å². The van der Waals surface area contributed by atoms with Crippen molar-refractivity contribution in [3.05, 3.63) is 35.4 Å². The van der Waals surface area contributed by atoms with E-state index in [0.29, 0.717) is 18.6 Å². The van der Waals surface area contributed by atoms with E-state index in [4.69, 9.17) is 9.84 Å². The molecular formula is C15H21NO4. The number of aliphatic carboxylic acids is 1. The molecule has 0 aliphatic rings. The molecule has 0 heterocycles. The summed E-state index contributed by atoms with van der Waals surface area (Å²) in [4.78, 5) is 23.0. The van der Waals surface area contributed by atoms with Crippen molar-refractivity contribution in [1.82, 2.24) is 5.32 Å². The molecule has 1 atom stereocenters. The SMILES string of the molecule is CCCC(CC(=O)O)NC(=O)c1ccccc1COC. The molecule has 1 unspecified atom stereocenters. The van der Waals surface area contributed by atoms with Gasteiger partial charge in [-0.2, -0.15) is 0 Å². The van der Waals surface area contributed by atoms with E-state index in [1.165, 1.54) is 0 Å². The van der Waals surface area contributed by atoms with Crippen LogP contribution in [-0.4, -0.2) is 30.1 Å². The molecule has 1 amide bonds. The van der Waals surface area contributed by atoms with Gasteiger partial charge in [-0.15, -0.1) is 0 Å². The molecule has 20 heavy (non-hydrogen) atoms. The quantitative estimate of drug-likeness (QED) is 0.765. The first kappa shape index (κ1) is 16.2. The second-order valence-electron chi connectivity index (χ2n) is 4.65.